The van der Waals surface area contributed by atoms with Crippen LogP contribution in [-0.4, -0.2) is 31.5 Å². The van der Waals surface area contributed by atoms with E-state index in [9.17, 15) is 9.59 Å². The Bertz CT molecular complexity index is 1820. The van der Waals surface area contributed by atoms with Gasteiger partial charge in [-0.3, -0.25) is 19.0 Å². The third-order valence-corrected chi connectivity index (χ3v) is 6.71. The van der Waals surface area contributed by atoms with Crippen LogP contribution < -0.4 is 15.9 Å². The van der Waals surface area contributed by atoms with Crippen LogP contribution in [0, 0.1) is 13.8 Å². The number of aromatic amines is 1. The molecule has 194 valence electrons. The number of H-pyrrole nitrogens is 1. The highest BCUT2D eigenvalue weighted by molar-refractivity contribution is 6.29. The van der Waals surface area contributed by atoms with Gasteiger partial charge < -0.3 is 13.9 Å². The van der Waals surface area contributed by atoms with E-state index in [1.165, 1.54) is 0 Å². The fourth-order valence-electron chi connectivity index (χ4n) is 4.66. The summed E-state index contributed by atoms with van der Waals surface area (Å²) in [5, 5.41) is 8.79. The van der Waals surface area contributed by atoms with Gasteiger partial charge in [0.15, 0.2) is 11.1 Å². The Kier molecular flexibility index (Phi) is 5.88. The lowest BCUT2D eigenvalue weighted by atomic mass is 10.00. The van der Waals surface area contributed by atoms with E-state index in [1.807, 2.05) is 24.6 Å². The first kappa shape index (κ1) is 24.1. The highest BCUT2D eigenvalue weighted by atomic mass is 35.5. The second-order valence-corrected chi connectivity index (χ2v) is 9.47. The van der Waals surface area contributed by atoms with E-state index in [2.05, 4.69) is 24.7 Å². The zero-order chi connectivity index (χ0) is 26.6. The number of fused-ring (bicyclic) bond motifs is 2. The lowest BCUT2D eigenvalue weighted by Crippen LogP contribution is -2.18. The summed E-state index contributed by atoms with van der Waals surface area (Å²) >= 11 is 6.09. The summed E-state index contributed by atoms with van der Waals surface area (Å²) in [5.41, 5.74) is 4.07. The van der Waals surface area contributed by atoms with Crippen LogP contribution in [0.2, 0.25) is 5.15 Å². The number of rotatable bonds is 5. The van der Waals surface area contributed by atoms with Crippen LogP contribution in [-0.2, 0) is 17.9 Å². The topological polar surface area (TPSA) is 138 Å². The van der Waals surface area contributed by atoms with Crippen molar-refractivity contribution in [1.82, 2.24) is 24.9 Å². The number of hydrogen-bond donors (Lipinski definition) is 1. The number of pyridine rings is 1. The smallest absolute Gasteiger partial charge is 0.439 e. The van der Waals surface area contributed by atoms with Crippen LogP contribution in [0.4, 0.5) is 0 Å². The number of aryl methyl sites for hydroxylation is 1. The van der Waals surface area contributed by atoms with Crippen molar-refractivity contribution in [3.63, 3.8) is 0 Å². The summed E-state index contributed by atoms with van der Waals surface area (Å²) in [6.45, 7) is 7.08. The summed E-state index contributed by atoms with van der Waals surface area (Å²) in [4.78, 5) is 31.8. The number of ether oxygens (including phenoxy) is 2. The molecule has 0 radical (unpaired) electrons. The van der Waals surface area contributed by atoms with Gasteiger partial charge in [-0.05, 0) is 50.6 Å². The van der Waals surface area contributed by atoms with Crippen molar-refractivity contribution in [2.24, 2.45) is 0 Å². The summed E-state index contributed by atoms with van der Waals surface area (Å²) in [6.07, 6.45) is 1.11. The van der Waals surface area contributed by atoms with E-state index < -0.39 is 11.9 Å². The Balaban J connectivity index is 1.48. The first-order valence-electron chi connectivity index (χ1n) is 11.9. The molecule has 5 heterocycles. The highest BCUT2D eigenvalue weighted by Crippen LogP contribution is 2.36. The van der Waals surface area contributed by atoms with Gasteiger partial charge in [0.1, 0.15) is 28.3 Å². The van der Waals surface area contributed by atoms with Crippen LogP contribution in [0.1, 0.15) is 35.4 Å². The summed E-state index contributed by atoms with van der Waals surface area (Å²) in [7, 11) is 0. The Morgan fingerprint density at radius 3 is 2.84 bits per heavy atom. The average Bonchev–Trinajstić information content (AvgIpc) is 3.53. The van der Waals surface area contributed by atoms with Gasteiger partial charge in [0.2, 0.25) is 5.82 Å². The fraction of sp³-hybridized carbons (Fsp3) is 0.269. The van der Waals surface area contributed by atoms with E-state index in [0.29, 0.717) is 53.4 Å². The molecule has 0 bridgehead atoms. The van der Waals surface area contributed by atoms with Gasteiger partial charge in [-0.25, -0.2) is 9.78 Å². The van der Waals surface area contributed by atoms with Gasteiger partial charge in [0.25, 0.3) is 0 Å². The Hall–Kier alpha value is -4.22. The molecule has 1 aliphatic rings. The first-order valence-corrected chi connectivity index (χ1v) is 12.3. The molecule has 12 heteroatoms. The lowest BCUT2D eigenvalue weighted by molar-refractivity contribution is 0.0803. The molecule has 4 aromatic heterocycles. The molecule has 1 aromatic carbocycles. The second kappa shape index (κ2) is 9.26. The maximum atomic E-state index is 13.5. The van der Waals surface area contributed by atoms with Crippen LogP contribution in [0.3, 0.4) is 0 Å². The highest BCUT2D eigenvalue weighted by Gasteiger charge is 2.25. The van der Waals surface area contributed by atoms with Crippen molar-refractivity contribution >= 4 is 22.6 Å². The van der Waals surface area contributed by atoms with Crippen molar-refractivity contribution in [2.75, 3.05) is 6.61 Å². The predicted octanol–water partition coefficient (Wildman–Crippen LogP) is 4.34. The minimum atomic E-state index is -0.733. The fourth-order valence-corrected chi connectivity index (χ4v) is 4.81. The molecule has 1 atom stereocenters. The first-order chi connectivity index (χ1) is 18.3. The van der Waals surface area contributed by atoms with Gasteiger partial charge in [-0.1, -0.05) is 16.8 Å². The minimum absolute atomic E-state index is 0.0754. The standard InChI is InChI=1S/C26H22ClN5O6/c1-12-8-15(14(3)36-19-4-5-20(27)29-21(19)25-30-26(34)38-31-25)24-16(9-12)22(33)13(2)23(37-24)17-10-28-32-6-7-35-11-18(17)32/h4-5,8-10,14H,6-7,11H2,1-3H3,(H,30,31,34)/t14-/m1/s1. The molecule has 0 unspecified atom stereocenters. The van der Waals surface area contributed by atoms with Gasteiger partial charge in [-0.15, -0.1) is 0 Å². The van der Waals surface area contributed by atoms with E-state index in [4.69, 9.17) is 25.5 Å². The number of aromatic nitrogens is 5. The minimum Gasteiger partial charge on any atom is -0.483 e. The summed E-state index contributed by atoms with van der Waals surface area (Å²) in [6, 6.07) is 6.90. The van der Waals surface area contributed by atoms with Crippen molar-refractivity contribution in [3.8, 4) is 28.6 Å². The maximum Gasteiger partial charge on any atom is 0.439 e. The molecular weight excluding hydrogens is 514 g/mol. The van der Waals surface area contributed by atoms with Crippen LogP contribution in [0.25, 0.3) is 33.8 Å². The Morgan fingerprint density at radius 1 is 1.21 bits per heavy atom. The largest absolute Gasteiger partial charge is 0.483 e. The molecule has 1 N–H and O–H groups in total. The van der Waals surface area contributed by atoms with Crippen molar-refractivity contribution in [2.45, 2.75) is 40.0 Å². The number of hydrogen-bond acceptors (Lipinski definition) is 9. The van der Waals surface area contributed by atoms with Gasteiger partial charge >= 0.3 is 5.76 Å². The number of nitrogens with zero attached hydrogens (tertiary/aromatic N) is 4. The molecule has 0 aliphatic carbocycles. The Labute approximate surface area is 220 Å². The lowest BCUT2D eigenvalue weighted by Gasteiger charge is -2.19. The number of nitrogens with one attached hydrogen (secondary N) is 1. The second-order valence-electron chi connectivity index (χ2n) is 9.08. The van der Waals surface area contributed by atoms with Crippen molar-refractivity contribution in [3.05, 3.63) is 78.8 Å². The van der Waals surface area contributed by atoms with Crippen molar-refractivity contribution < 1.29 is 18.4 Å². The third-order valence-electron chi connectivity index (χ3n) is 6.50. The van der Waals surface area contributed by atoms with Gasteiger partial charge in [0, 0.05) is 11.1 Å². The Morgan fingerprint density at radius 2 is 2.05 bits per heavy atom. The molecule has 0 saturated carbocycles. The van der Waals surface area contributed by atoms with E-state index in [0.717, 1.165) is 16.8 Å². The molecule has 1 aliphatic heterocycles. The third kappa shape index (κ3) is 4.09. The van der Waals surface area contributed by atoms with E-state index in [-0.39, 0.29) is 22.1 Å². The molecular formula is C26H22ClN5O6. The molecule has 0 saturated heterocycles. The molecule has 5 aromatic rings. The zero-order valence-electron chi connectivity index (χ0n) is 20.7. The van der Waals surface area contributed by atoms with Crippen molar-refractivity contribution in [1.29, 1.82) is 0 Å². The summed E-state index contributed by atoms with van der Waals surface area (Å²) < 4.78 is 24.9. The maximum absolute atomic E-state index is 13.5. The molecule has 38 heavy (non-hydrogen) atoms. The molecule has 11 nitrogen and oxygen atoms in total. The molecule has 0 fully saturated rings. The predicted molar refractivity (Wildman–Crippen MR) is 137 cm³/mol. The monoisotopic (exact) mass is 535 g/mol. The molecule has 0 amide bonds. The van der Waals surface area contributed by atoms with Crippen LogP contribution in [0.5, 0.6) is 5.75 Å². The van der Waals surface area contributed by atoms with Crippen LogP contribution >= 0.6 is 11.6 Å². The van der Waals surface area contributed by atoms with Gasteiger partial charge in [0.05, 0.1) is 42.6 Å². The molecule has 6 rings (SSSR count). The number of benzene rings is 1. The number of halogens is 1. The molecule has 0 spiro atoms. The van der Waals surface area contributed by atoms with Gasteiger partial charge in [-0.2, -0.15) is 5.10 Å². The SMILES string of the molecule is Cc1cc([C@@H](C)Oc2ccc(Cl)nc2-c2noc(=O)[nH]2)c2oc(-c3cnn4c3COCC4)c(C)c(=O)c2c1. The zero-order valence-corrected chi connectivity index (χ0v) is 21.5. The normalized spacial score (nSPS) is 14.0. The summed E-state index contributed by atoms with van der Waals surface area (Å²) in [5.74, 6) is 0.0912. The van der Waals surface area contributed by atoms with E-state index >= 15 is 0 Å². The quantitative estimate of drug-likeness (QED) is 0.326. The van der Waals surface area contributed by atoms with Crippen LogP contribution in [0.15, 0.2) is 49.0 Å². The van der Waals surface area contributed by atoms with E-state index in [1.54, 1.807) is 31.3 Å². The average molecular weight is 536 g/mol.